The van der Waals surface area contributed by atoms with E-state index in [9.17, 15) is 18.8 Å². The van der Waals surface area contributed by atoms with Crippen LogP contribution in [0.4, 0.5) is 10.1 Å². The fraction of sp³-hybridized carbons (Fsp3) is 0.167. The largest absolute Gasteiger partial charge is 0.335 e. The number of amides is 3. The first-order valence-electron chi connectivity index (χ1n) is 10.3. The summed E-state index contributed by atoms with van der Waals surface area (Å²) in [4.78, 5) is 45.2. The van der Waals surface area contributed by atoms with Gasteiger partial charge in [0.2, 0.25) is 0 Å². The van der Waals surface area contributed by atoms with E-state index in [1.807, 2.05) is 0 Å². The molecule has 0 radical (unpaired) electrons. The summed E-state index contributed by atoms with van der Waals surface area (Å²) in [5.74, 6) is -1.32. The van der Waals surface area contributed by atoms with Gasteiger partial charge in [-0.25, -0.2) is 4.39 Å². The second-order valence-corrected chi connectivity index (χ2v) is 7.89. The van der Waals surface area contributed by atoms with Crippen molar-refractivity contribution in [1.29, 1.82) is 0 Å². The highest BCUT2D eigenvalue weighted by molar-refractivity contribution is 6.33. The highest BCUT2D eigenvalue weighted by Gasteiger charge is 2.26. The summed E-state index contributed by atoms with van der Waals surface area (Å²) in [6, 6.07) is 13.7. The van der Waals surface area contributed by atoms with E-state index >= 15 is 0 Å². The molecule has 2 aromatic carbocycles. The summed E-state index contributed by atoms with van der Waals surface area (Å²) in [6.45, 7) is 1.34. The first kappa shape index (κ1) is 22.4. The Labute approximate surface area is 194 Å². The Kier molecular flexibility index (Phi) is 6.65. The molecule has 9 heteroatoms. The third kappa shape index (κ3) is 5.18. The number of hydrogen-bond donors (Lipinski definition) is 1. The van der Waals surface area contributed by atoms with Gasteiger partial charge >= 0.3 is 0 Å². The highest BCUT2D eigenvalue weighted by atomic mass is 35.5. The molecule has 1 fully saturated rings. The molecule has 3 amide bonds. The number of halogens is 2. The number of piperazine rings is 1. The predicted molar refractivity (Wildman–Crippen MR) is 122 cm³/mol. The summed E-state index contributed by atoms with van der Waals surface area (Å²) in [5.41, 5.74) is 1.57. The fourth-order valence-electron chi connectivity index (χ4n) is 3.56. The lowest BCUT2D eigenvalue weighted by atomic mass is 10.1. The van der Waals surface area contributed by atoms with Crippen LogP contribution in [0.3, 0.4) is 0 Å². The van der Waals surface area contributed by atoms with Crippen molar-refractivity contribution in [2.75, 3.05) is 31.5 Å². The van der Waals surface area contributed by atoms with Gasteiger partial charge in [-0.1, -0.05) is 17.7 Å². The van der Waals surface area contributed by atoms with E-state index in [1.54, 1.807) is 52.4 Å². The van der Waals surface area contributed by atoms with Gasteiger partial charge in [0.25, 0.3) is 17.7 Å². The molecule has 1 aliphatic rings. The van der Waals surface area contributed by atoms with E-state index in [2.05, 4.69) is 10.3 Å². The predicted octanol–water partition coefficient (Wildman–Crippen LogP) is 3.72. The Morgan fingerprint density at radius 2 is 1.58 bits per heavy atom. The Hall–Kier alpha value is -3.78. The van der Waals surface area contributed by atoms with Crippen LogP contribution >= 0.6 is 11.6 Å². The normalized spacial score (nSPS) is 13.5. The number of aromatic nitrogens is 1. The van der Waals surface area contributed by atoms with Gasteiger partial charge in [-0.05, 0) is 48.5 Å². The molecular formula is C24H20ClFN4O3. The van der Waals surface area contributed by atoms with Crippen LogP contribution in [0.1, 0.15) is 31.1 Å². The lowest BCUT2D eigenvalue weighted by molar-refractivity contribution is 0.0535. The van der Waals surface area contributed by atoms with Gasteiger partial charge in [0.05, 0.1) is 16.1 Å². The smallest absolute Gasteiger partial charge is 0.257 e. The van der Waals surface area contributed by atoms with Gasteiger partial charge in [-0.15, -0.1) is 0 Å². The number of nitrogens with one attached hydrogen (secondary N) is 1. The van der Waals surface area contributed by atoms with Crippen molar-refractivity contribution in [2.24, 2.45) is 0 Å². The SMILES string of the molecule is O=C(Nc1cccc(C(=O)N2CCN(C(=O)c3ccc(F)cc3Cl)CC2)c1)c1cccnc1. The van der Waals surface area contributed by atoms with Gasteiger partial charge in [-0.3, -0.25) is 19.4 Å². The maximum atomic E-state index is 13.3. The Balaban J connectivity index is 1.38. The molecule has 0 unspecified atom stereocenters. The summed E-state index contributed by atoms with van der Waals surface area (Å²) >= 11 is 6.01. The molecule has 0 atom stereocenters. The lowest BCUT2D eigenvalue weighted by Gasteiger charge is -2.35. The molecule has 0 bridgehead atoms. The Bertz CT molecular complexity index is 1200. The Morgan fingerprint density at radius 3 is 2.24 bits per heavy atom. The molecule has 0 spiro atoms. The van der Waals surface area contributed by atoms with Crippen LogP contribution in [0, 0.1) is 5.82 Å². The number of rotatable bonds is 4. The van der Waals surface area contributed by atoms with Gasteiger partial charge < -0.3 is 15.1 Å². The van der Waals surface area contributed by atoms with Crippen molar-refractivity contribution in [3.05, 3.63) is 94.5 Å². The fourth-order valence-corrected chi connectivity index (χ4v) is 3.81. The minimum absolute atomic E-state index is 0.0589. The summed E-state index contributed by atoms with van der Waals surface area (Å²) in [7, 11) is 0. The first-order valence-corrected chi connectivity index (χ1v) is 10.7. The molecule has 2 heterocycles. The van der Waals surface area contributed by atoms with Crippen LogP contribution in [0.5, 0.6) is 0 Å². The molecule has 1 N–H and O–H groups in total. The summed E-state index contributed by atoms with van der Waals surface area (Å²) < 4.78 is 13.3. The van der Waals surface area contributed by atoms with Gasteiger partial charge in [0.1, 0.15) is 5.82 Å². The van der Waals surface area contributed by atoms with Crippen molar-refractivity contribution in [1.82, 2.24) is 14.8 Å². The van der Waals surface area contributed by atoms with E-state index in [1.165, 1.54) is 18.3 Å². The third-order valence-corrected chi connectivity index (χ3v) is 5.62. The van der Waals surface area contributed by atoms with E-state index in [4.69, 9.17) is 11.6 Å². The second-order valence-electron chi connectivity index (χ2n) is 7.49. The minimum atomic E-state index is -0.508. The molecule has 33 heavy (non-hydrogen) atoms. The van der Waals surface area contributed by atoms with Crippen LogP contribution in [0.25, 0.3) is 0 Å². The van der Waals surface area contributed by atoms with Crippen LogP contribution < -0.4 is 5.32 Å². The minimum Gasteiger partial charge on any atom is -0.335 e. The number of hydrogen-bond acceptors (Lipinski definition) is 4. The van der Waals surface area contributed by atoms with E-state index in [0.29, 0.717) is 43.0 Å². The highest BCUT2D eigenvalue weighted by Crippen LogP contribution is 2.21. The van der Waals surface area contributed by atoms with E-state index < -0.39 is 5.82 Å². The quantitative estimate of drug-likeness (QED) is 0.635. The third-order valence-electron chi connectivity index (χ3n) is 5.31. The van der Waals surface area contributed by atoms with Crippen molar-refractivity contribution >= 4 is 35.0 Å². The molecule has 1 saturated heterocycles. The number of carbonyl (C=O) groups excluding carboxylic acids is 3. The number of benzene rings is 2. The van der Waals surface area contributed by atoms with Crippen molar-refractivity contribution in [2.45, 2.75) is 0 Å². The zero-order chi connectivity index (χ0) is 23.4. The molecular weight excluding hydrogens is 447 g/mol. The molecule has 4 rings (SSSR count). The van der Waals surface area contributed by atoms with Gasteiger partial charge in [-0.2, -0.15) is 0 Å². The molecule has 1 aromatic heterocycles. The average Bonchev–Trinajstić information content (AvgIpc) is 2.84. The number of nitrogens with zero attached hydrogens (tertiary/aromatic N) is 3. The maximum absolute atomic E-state index is 13.3. The van der Waals surface area contributed by atoms with Crippen LogP contribution in [0.15, 0.2) is 67.0 Å². The molecule has 168 valence electrons. The number of anilines is 1. The molecule has 3 aromatic rings. The standard InChI is InChI=1S/C24H20ClFN4O3/c25-21-14-18(26)6-7-20(21)24(33)30-11-9-29(10-12-30)23(32)16-3-1-5-19(13-16)28-22(31)17-4-2-8-27-15-17/h1-8,13-15H,9-12H2,(H,28,31). The molecule has 1 aliphatic heterocycles. The topological polar surface area (TPSA) is 82.6 Å². The monoisotopic (exact) mass is 466 g/mol. The molecule has 0 saturated carbocycles. The van der Waals surface area contributed by atoms with Crippen LogP contribution in [-0.4, -0.2) is 58.7 Å². The summed E-state index contributed by atoms with van der Waals surface area (Å²) in [6.07, 6.45) is 3.04. The maximum Gasteiger partial charge on any atom is 0.257 e. The molecule has 7 nitrogen and oxygen atoms in total. The van der Waals surface area contributed by atoms with Crippen LogP contribution in [-0.2, 0) is 0 Å². The second kappa shape index (κ2) is 9.79. The van der Waals surface area contributed by atoms with Crippen molar-refractivity contribution < 1.29 is 18.8 Å². The Morgan fingerprint density at radius 1 is 0.879 bits per heavy atom. The van der Waals surface area contributed by atoms with Crippen LogP contribution in [0.2, 0.25) is 5.02 Å². The van der Waals surface area contributed by atoms with Crippen molar-refractivity contribution in [3.8, 4) is 0 Å². The van der Waals surface area contributed by atoms with E-state index in [-0.39, 0.29) is 28.3 Å². The van der Waals surface area contributed by atoms with E-state index in [0.717, 1.165) is 6.07 Å². The van der Waals surface area contributed by atoms with Gasteiger partial charge in [0, 0.05) is 49.8 Å². The first-order chi connectivity index (χ1) is 15.9. The van der Waals surface area contributed by atoms with Crippen molar-refractivity contribution in [3.63, 3.8) is 0 Å². The van der Waals surface area contributed by atoms with Gasteiger partial charge in [0.15, 0.2) is 0 Å². The molecule has 0 aliphatic carbocycles. The lowest BCUT2D eigenvalue weighted by Crippen LogP contribution is -2.50. The summed E-state index contributed by atoms with van der Waals surface area (Å²) in [5, 5.41) is 2.82. The number of pyridine rings is 1. The average molecular weight is 467 g/mol. The number of carbonyl (C=O) groups is 3. The zero-order valence-corrected chi connectivity index (χ0v) is 18.3. The zero-order valence-electron chi connectivity index (χ0n) is 17.5.